The topological polar surface area (TPSA) is 89.0 Å². The SMILES string of the molecule is CC(C)(C)OC(=O)N1CC2(CCC(OCC(=O)O)(c3nc(Br)cs3)CC2)C1. The van der Waals surface area contributed by atoms with Crippen molar-refractivity contribution < 1.29 is 24.2 Å². The second kappa shape index (κ2) is 7.33. The molecule has 1 amide bonds. The van der Waals surface area contributed by atoms with Gasteiger partial charge in [0, 0.05) is 23.9 Å². The summed E-state index contributed by atoms with van der Waals surface area (Å²) in [6, 6.07) is 0. The molecule has 3 rings (SSSR count). The molecule has 2 fully saturated rings. The molecule has 1 saturated carbocycles. The smallest absolute Gasteiger partial charge is 0.410 e. The molecule has 1 saturated heterocycles. The summed E-state index contributed by atoms with van der Waals surface area (Å²) < 4.78 is 12.0. The van der Waals surface area contributed by atoms with Crippen molar-refractivity contribution >= 4 is 39.3 Å². The minimum atomic E-state index is -0.981. The van der Waals surface area contributed by atoms with Gasteiger partial charge < -0.3 is 19.5 Å². The maximum Gasteiger partial charge on any atom is 0.410 e. The Labute approximate surface area is 171 Å². The summed E-state index contributed by atoms with van der Waals surface area (Å²) in [5, 5.41) is 11.8. The summed E-state index contributed by atoms with van der Waals surface area (Å²) in [6.45, 7) is 6.61. The number of halogens is 1. The van der Waals surface area contributed by atoms with E-state index in [0.29, 0.717) is 25.9 Å². The normalized spacial score (nSPS) is 21.0. The van der Waals surface area contributed by atoms with Crippen molar-refractivity contribution in [1.29, 1.82) is 0 Å². The first-order valence-corrected chi connectivity index (χ1v) is 10.7. The third-order valence-corrected chi connectivity index (χ3v) is 6.90. The van der Waals surface area contributed by atoms with Crippen molar-refractivity contribution in [2.24, 2.45) is 5.41 Å². The van der Waals surface area contributed by atoms with E-state index in [4.69, 9.17) is 14.6 Å². The highest BCUT2D eigenvalue weighted by molar-refractivity contribution is 9.10. The molecule has 1 aromatic rings. The molecule has 0 unspecified atom stereocenters. The molecule has 1 aliphatic heterocycles. The minimum absolute atomic E-state index is 0.0709. The summed E-state index contributed by atoms with van der Waals surface area (Å²) in [4.78, 5) is 29.5. The lowest BCUT2D eigenvalue weighted by Gasteiger charge is -2.55. The van der Waals surface area contributed by atoms with E-state index in [1.807, 2.05) is 26.2 Å². The van der Waals surface area contributed by atoms with Gasteiger partial charge in [-0.25, -0.2) is 14.6 Å². The first-order chi connectivity index (χ1) is 12.5. The van der Waals surface area contributed by atoms with E-state index < -0.39 is 17.2 Å². The molecule has 1 N–H and O–H groups in total. The average molecular weight is 461 g/mol. The van der Waals surface area contributed by atoms with Crippen LogP contribution in [-0.2, 0) is 19.9 Å². The summed E-state index contributed by atoms with van der Waals surface area (Å²) in [7, 11) is 0. The maximum absolute atomic E-state index is 12.2. The Hall–Kier alpha value is -1.19. The van der Waals surface area contributed by atoms with Gasteiger partial charge in [-0.15, -0.1) is 11.3 Å². The fourth-order valence-electron chi connectivity index (χ4n) is 3.80. The first kappa shape index (κ1) is 20.5. The van der Waals surface area contributed by atoms with Crippen LogP contribution in [0, 0.1) is 5.41 Å². The Kier molecular flexibility index (Phi) is 5.58. The monoisotopic (exact) mass is 460 g/mol. The lowest BCUT2D eigenvalue weighted by molar-refractivity contribution is -0.161. The van der Waals surface area contributed by atoms with Crippen LogP contribution in [0.1, 0.15) is 51.5 Å². The van der Waals surface area contributed by atoms with Gasteiger partial charge in [-0.3, -0.25) is 0 Å². The van der Waals surface area contributed by atoms with E-state index in [9.17, 15) is 9.59 Å². The Balaban J connectivity index is 1.63. The van der Waals surface area contributed by atoms with Gasteiger partial charge in [-0.2, -0.15) is 0 Å². The third kappa shape index (κ3) is 4.63. The van der Waals surface area contributed by atoms with Crippen LogP contribution < -0.4 is 0 Å². The second-order valence-corrected chi connectivity index (χ2v) is 10.2. The summed E-state index contributed by atoms with van der Waals surface area (Å²) in [5.74, 6) is -0.981. The largest absolute Gasteiger partial charge is 0.480 e. The lowest BCUT2D eigenvalue weighted by Crippen LogP contribution is -2.61. The number of rotatable bonds is 4. The molecule has 1 spiro atoms. The van der Waals surface area contributed by atoms with E-state index >= 15 is 0 Å². The van der Waals surface area contributed by atoms with Gasteiger partial charge in [0.2, 0.25) is 0 Å². The van der Waals surface area contributed by atoms with Crippen LogP contribution in [0.3, 0.4) is 0 Å². The molecule has 0 aromatic carbocycles. The predicted octanol–water partition coefficient (Wildman–Crippen LogP) is 4.01. The van der Waals surface area contributed by atoms with Gasteiger partial charge in [0.15, 0.2) is 0 Å². The molecule has 0 bridgehead atoms. The number of hydrogen-bond donors (Lipinski definition) is 1. The number of likely N-dealkylation sites (tertiary alicyclic amines) is 1. The van der Waals surface area contributed by atoms with Crippen molar-refractivity contribution in [2.75, 3.05) is 19.7 Å². The van der Waals surface area contributed by atoms with Crippen molar-refractivity contribution in [2.45, 2.75) is 57.7 Å². The first-order valence-electron chi connectivity index (χ1n) is 8.98. The maximum atomic E-state index is 12.2. The molecule has 0 atom stereocenters. The van der Waals surface area contributed by atoms with Crippen LogP contribution in [0.25, 0.3) is 0 Å². The zero-order valence-corrected chi connectivity index (χ0v) is 18.2. The van der Waals surface area contributed by atoms with E-state index in [-0.39, 0.29) is 18.1 Å². The van der Waals surface area contributed by atoms with Crippen molar-refractivity contribution in [3.63, 3.8) is 0 Å². The number of aromatic nitrogens is 1. The van der Waals surface area contributed by atoms with Crippen LogP contribution in [0.5, 0.6) is 0 Å². The number of nitrogens with zero attached hydrogens (tertiary/aromatic N) is 2. The van der Waals surface area contributed by atoms with Crippen molar-refractivity contribution in [3.05, 3.63) is 15.0 Å². The third-order valence-electron chi connectivity index (χ3n) is 5.16. The van der Waals surface area contributed by atoms with Crippen molar-refractivity contribution in [1.82, 2.24) is 9.88 Å². The number of carbonyl (C=O) groups is 2. The predicted molar refractivity (Wildman–Crippen MR) is 104 cm³/mol. The van der Waals surface area contributed by atoms with Crippen LogP contribution >= 0.6 is 27.3 Å². The fourth-order valence-corrected chi connectivity index (χ4v) is 5.27. The molecule has 7 nitrogen and oxygen atoms in total. The number of amides is 1. The molecular formula is C18H25BrN2O5S. The quantitative estimate of drug-likeness (QED) is 0.729. The Morgan fingerprint density at radius 1 is 1.30 bits per heavy atom. The summed E-state index contributed by atoms with van der Waals surface area (Å²) in [6.07, 6.45) is 2.85. The van der Waals surface area contributed by atoms with Crippen LogP contribution in [0.2, 0.25) is 0 Å². The van der Waals surface area contributed by atoms with Gasteiger partial charge in [0.25, 0.3) is 0 Å². The Morgan fingerprint density at radius 3 is 2.41 bits per heavy atom. The fraction of sp³-hybridized carbons (Fsp3) is 0.722. The highest BCUT2D eigenvalue weighted by Gasteiger charge is 2.53. The average Bonchev–Trinajstić information content (AvgIpc) is 2.96. The van der Waals surface area contributed by atoms with E-state index in [1.165, 1.54) is 11.3 Å². The van der Waals surface area contributed by atoms with Crippen LogP contribution in [0.4, 0.5) is 4.79 Å². The zero-order valence-electron chi connectivity index (χ0n) is 15.8. The standard InChI is InChI=1S/C18H25BrN2O5S/c1-16(2,3)26-15(24)21-10-17(11-21)4-6-18(7-5-17,25-8-13(22)23)14-20-12(19)9-27-14/h9H,4-8,10-11H2,1-3H3,(H,22,23). The molecule has 2 aliphatic rings. The van der Waals surface area contributed by atoms with Gasteiger partial charge in [0.1, 0.15) is 27.4 Å². The van der Waals surface area contributed by atoms with Crippen molar-refractivity contribution in [3.8, 4) is 0 Å². The number of thiazole rings is 1. The summed E-state index contributed by atoms with van der Waals surface area (Å²) in [5.41, 5.74) is -1.08. The molecule has 9 heteroatoms. The number of ether oxygens (including phenoxy) is 2. The van der Waals surface area contributed by atoms with Gasteiger partial charge in [0.05, 0.1) is 0 Å². The number of aliphatic carboxylic acids is 1. The molecule has 0 radical (unpaired) electrons. The van der Waals surface area contributed by atoms with Gasteiger partial charge in [-0.1, -0.05) is 0 Å². The summed E-state index contributed by atoms with van der Waals surface area (Å²) >= 11 is 4.85. The number of carboxylic acid groups (broad SMARTS) is 1. The minimum Gasteiger partial charge on any atom is -0.480 e. The van der Waals surface area contributed by atoms with Gasteiger partial charge >= 0.3 is 12.1 Å². The van der Waals surface area contributed by atoms with E-state index in [2.05, 4.69) is 20.9 Å². The van der Waals surface area contributed by atoms with Gasteiger partial charge in [-0.05, 0) is 62.4 Å². The molecular weight excluding hydrogens is 436 g/mol. The number of hydrogen-bond acceptors (Lipinski definition) is 6. The highest BCUT2D eigenvalue weighted by Crippen LogP contribution is 2.52. The highest BCUT2D eigenvalue weighted by atomic mass is 79.9. The molecule has 1 aliphatic carbocycles. The molecule has 27 heavy (non-hydrogen) atoms. The van der Waals surface area contributed by atoms with E-state index in [0.717, 1.165) is 22.5 Å². The number of carboxylic acids is 1. The Morgan fingerprint density at radius 2 is 1.93 bits per heavy atom. The van der Waals surface area contributed by atoms with Crippen LogP contribution in [-0.4, -0.2) is 52.4 Å². The molecule has 2 heterocycles. The lowest BCUT2D eigenvalue weighted by atomic mass is 9.64. The number of carbonyl (C=O) groups excluding carboxylic acids is 1. The molecule has 1 aromatic heterocycles. The molecule has 150 valence electrons. The zero-order chi connectivity index (χ0) is 19.9. The van der Waals surface area contributed by atoms with Crippen LogP contribution in [0.15, 0.2) is 9.98 Å². The second-order valence-electron chi connectivity index (χ2n) is 8.49. The Bertz CT molecular complexity index is 714. The van der Waals surface area contributed by atoms with E-state index in [1.54, 1.807) is 4.90 Å².